The van der Waals surface area contributed by atoms with Crippen molar-refractivity contribution in [2.24, 2.45) is 0 Å². The van der Waals surface area contributed by atoms with E-state index in [4.69, 9.17) is 27.6 Å². The van der Waals surface area contributed by atoms with Crippen molar-refractivity contribution in [3.63, 3.8) is 0 Å². The number of halogens is 2. The quantitative estimate of drug-likeness (QED) is 0.759. The van der Waals surface area contributed by atoms with Gasteiger partial charge in [-0.25, -0.2) is 4.68 Å². The van der Waals surface area contributed by atoms with Gasteiger partial charge in [-0.2, -0.15) is 5.10 Å². The number of carbonyl (C=O) groups excluding carboxylic acids is 1. The summed E-state index contributed by atoms with van der Waals surface area (Å²) in [6.07, 6.45) is 3.09. The molecular formula is C16H13Cl2N3O2. The van der Waals surface area contributed by atoms with Gasteiger partial charge >= 0.3 is 0 Å². The summed E-state index contributed by atoms with van der Waals surface area (Å²) in [6, 6.07) is 8.62. The number of aromatic nitrogens is 2. The number of anilines is 1. The minimum atomic E-state index is -0.250. The first-order chi connectivity index (χ1) is 11.0. The largest absolute Gasteiger partial charge is 0.469 e. The molecule has 3 rings (SSSR count). The van der Waals surface area contributed by atoms with E-state index in [0.717, 1.165) is 5.56 Å². The first-order valence-corrected chi connectivity index (χ1v) is 7.61. The molecule has 7 heteroatoms. The molecule has 1 N–H and O–H groups in total. The molecule has 0 aliphatic rings. The number of hydrogen-bond donors (Lipinski definition) is 1. The fourth-order valence-corrected chi connectivity index (χ4v) is 2.65. The highest BCUT2D eigenvalue weighted by atomic mass is 35.5. The van der Waals surface area contributed by atoms with Gasteiger partial charge in [-0.15, -0.1) is 0 Å². The molecule has 23 heavy (non-hydrogen) atoms. The van der Waals surface area contributed by atoms with Crippen molar-refractivity contribution in [2.75, 3.05) is 5.32 Å². The van der Waals surface area contributed by atoms with Crippen LogP contribution in [0.1, 0.15) is 21.7 Å². The third-order valence-corrected chi connectivity index (χ3v) is 3.98. The van der Waals surface area contributed by atoms with Crippen LogP contribution >= 0.6 is 23.2 Å². The summed E-state index contributed by atoms with van der Waals surface area (Å²) in [4.78, 5) is 12.3. The molecule has 5 nitrogen and oxygen atoms in total. The fraction of sp³-hybridized carbons (Fsp3) is 0.125. The predicted molar refractivity (Wildman–Crippen MR) is 89.2 cm³/mol. The Kier molecular flexibility index (Phi) is 4.41. The molecule has 0 unspecified atom stereocenters. The lowest BCUT2D eigenvalue weighted by atomic mass is 10.2. The maximum absolute atomic E-state index is 12.3. The Hall–Kier alpha value is -2.24. The van der Waals surface area contributed by atoms with Crippen LogP contribution in [0.5, 0.6) is 0 Å². The van der Waals surface area contributed by atoms with Gasteiger partial charge in [-0.05, 0) is 30.7 Å². The highest BCUT2D eigenvalue weighted by molar-refractivity contribution is 6.35. The summed E-state index contributed by atoms with van der Waals surface area (Å²) in [5.41, 5.74) is 1.34. The predicted octanol–water partition coefficient (Wildman–Crippen LogP) is 4.39. The second-order valence-corrected chi connectivity index (χ2v) is 5.80. The molecule has 3 aromatic rings. The third kappa shape index (κ3) is 3.41. The van der Waals surface area contributed by atoms with Gasteiger partial charge < -0.3 is 9.73 Å². The van der Waals surface area contributed by atoms with Crippen molar-refractivity contribution in [3.05, 3.63) is 69.7 Å². The average molecular weight is 350 g/mol. The maximum Gasteiger partial charge on any atom is 0.260 e. The van der Waals surface area contributed by atoms with Crippen molar-refractivity contribution in [3.8, 4) is 0 Å². The number of carbonyl (C=O) groups is 1. The SMILES string of the molecule is Cc1occc1C(=O)Nc1ccnn1Cc1ccc(Cl)cc1Cl. The zero-order valence-corrected chi connectivity index (χ0v) is 13.7. The van der Waals surface area contributed by atoms with E-state index in [0.29, 0.717) is 33.7 Å². The number of hydrogen-bond acceptors (Lipinski definition) is 3. The fourth-order valence-electron chi connectivity index (χ4n) is 2.18. The van der Waals surface area contributed by atoms with Crippen LogP contribution in [0.4, 0.5) is 5.82 Å². The summed E-state index contributed by atoms with van der Waals surface area (Å²) < 4.78 is 6.80. The van der Waals surface area contributed by atoms with Crippen LogP contribution in [-0.4, -0.2) is 15.7 Å². The smallest absolute Gasteiger partial charge is 0.260 e. The van der Waals surface area contributed by atoms with Gasteiger partial charge in [-0.1, -0.05) is 29.3 Å². The first kappa shape index (κ1) is 15.6. The Morgan fingerprint density at radius 3 is 2.83 bits per heavy atom. The normalized spacial score (nSPS) is 10.7. The number of amides is 1. The van der Waals surface area contributed by atoms with Gasteiger partial charge in [0.15, 0.2) is 0 Å². The molecular weight excluding hydrogens is 337 g/mol. The topological polar surface area (TPSA) is 60.1 Å². The molecule has 0 aliphatic carbocycles. The van der Waals surface area contributed by atoms with Crippen LogP contribution in [-0.2, 0) is 6.54 Å². The van der Waals surface area contributed by atoms with Crippen LogP contribution in [0.3, 0.4) is 0 Å². The number of aryl methyl sites for hydroxylation is 1. The number of nitrogens with zero attached hydrogens (tertiary/aromatic N) is 2. The molecule has 0 radical (unpaired) electrons. The van der Waals surface area contributed by atoms with E-state index in [-0.39, 0.29) is 5.91 Å². The molecule has 0 saturated heterocycles. The van der Waals surface area contributed by atoms with E-state index in [1.54, 1.807) is 42.1 Å². The Morgan fingerprint density at radius 1 is 1.30 bits per heavy atom. The Morgan fingerprint density at radius 2 is 2.13 bits per heavy atom. The highest BCUT2D eigenvalue weighted by Gasteiger charge is 2.14. The van der Waals surface area contributed by atoms with Crippen LogP contribution in [0.2, 0.25) is 10.0 Å². The molecule has 0 saturated carbocycles. The number of nitrogens with one attached hydrogen (secondary N) is 1. The second-order valence-electron chi connectivity index (χ2n) is 4.95. The summed E-state index contributed by atoms with van der Waals surface area (Å²) >= 11 is 12.1. The average Bonchev–Trinajstić information content (AvgIpc) is 3.11. The van der Waals surface area contributed by atoms with E-state index in [1.165, 1.54) is 6.26 Å². The van der Waals surface area contributed by atoms with Crippen molar-refractivity contribution in [1.82, 2.24) is 9.78 Å². The lowest BCUT2D eigenvalue weighted by Gasteiger charge is -2.10. The lowest BCUT2D eigenvalue weighted by molar-refractivity contribution is 0.102. The minimum Gasteiger partial charge on any atom is -0.469 e. The second kappa shape index (κ2) is 6.48. The number of rotatable bonds is 4. The molecule has 2 heterocycles. The molecule has 0 aliphatic heterocycles. The molecule has 0 atom stereocenters. The standard InChI is InChI=1S/C16H13Cl2N3O2/c1-10-13(5-7-23-10)16(22)20-15-4-6-19-21(15)9-11-2-3-12(17)8-14(11)18/h2-8H,9H2,1H3,(H,20,22). The van der Waals surface area contributed by atoms with Gasteiger partial charge in [-0.3, -0.25) is 4.79 Å². The summed E-state index contributed by atoms with van der Waals surface area (Å²) in [5, 5.41) is 8.16. The molecule has 0 fully saturated rings. The highest BCUT2D eigenvalue weighted by Crippen LogP contribution is 2.23. The van der Waals surface area contributed by atoms with Gasteiger partial charge in [0.05, 0.1) is 24.6 Å². The molecule has 1 aromatic carbocycles. The van der Waals surface area contributed by atoms with Crippen LogP contribution in [0.15, 0.2) is 47.2 Å². The van der Waals surface area contributed by atoms with Crippen LogP contribution in [0, 0.1) is 6.92 Å². The molecule has 0 bridgehead atoms. The maximum atomic E-state index is 12.3. The molecule has 2 aromatic heterocycles. The van der Waals surface area contributed by atoms with Crippen LogP contribution in [0.25, 0.3) is 0 Å². The number of furan rings is 1. The molecule has 118 valence electrons. The van der Waals surface area contributed by atoms with E-state index < -0.39 is 0 Å². The first-order valence-electron chi connectivity index (χ1n) is 6.86. The van der Waals surface area contributed by atoms with Crippen molar-refractivity contribution in [2.45, 2.75) is 13.5 Å². The third-order valence-electron chi connectivity index (χ3n) is 3.40. The Bertz CT molecular complexity index is 855. The summed E-state index contributed by atoms with van der Waals surface area (Å²) in [6.45, 7) is 2.16. The minimum absolute atomic E-state index is 0.250. The Labute approximate surface area is 142 Å². The molecule has 0 spiro atoms. The van der Waals surface area contributed by atoms with Gasteiger partial charge in [0.1, 0.15) is 11.6 Å². The monoisotopic (exact) mass is 349 g/mol. The van der Waals surface area contributed by atoms with Crippen LogP contribution < -0.4 is 5.32 Å². The van der Waals surface area contributed by atoms with Crippen molar-refractivity contribution < 1.29 is 9.21 Å². The van der Waals surface area contributed by atoms with Gasteiger partial charge in [0.25, 0.3) is 5.91 Å². The van der Waals surface area contributed by atoms with Gasteiger partial charge in [0, 0.05) is 16.1 Å². The zero-order chi connectivity index (χ0) is 16.4. The van der Waals surface area contributed by atoms with E-state index in [2.05, 4.69) is 10.4 Å². The Balaban J connectivity index is 1.80. The van der Waals surface area contributed by atoms with E-state index >= 15 is 0 Å². The lowest BCUT2D eigenvalue weighted by Crippen LogP contribution is -2.16. The molecule has 1 amide bonds. The van der Waals surface area contributed by atoms with Crippen molar-refractivity contribution >= 4 is 34.9 Å². The van der Waals surface area contributed by atoms with E-state index in [1.807, 2.05) is 6.07 Å². The summed E-state index contributed by atoms with van der Waals surface area (Å²) in [5.74, 6) is 0.885. The zero-order valence-electron chi connectivity index (χ0n) is 12.2. The van der Waals surface area contributed by atoms with E-state index in [9.17, 15) is 4.79 Å². The van der Waals surface area contributed by atoms with Crippen molar-refractivity contribution in [1.29, 1.82) is 0 Å². The van der Waals surface area contributed by atoms with Gasteiger partial charge in [0.2, 0.25) is 0 Å². The summed E-state index contributed by atoms with van der Waals surface area (Å²) in [7, 11) is 0. The number of benzene rings is 1.